The minimum absolute atomic E-state index is 0.124. The zero-order chi connectivity index (χ0) is 15.1. The van der Waals surface area contributed by atoms with Crippen LogP contribution in [0.25, 0.3) is 0 Å². The lowest BCUT2D eigenvalue weighted by atomic mass is 10.1. The van der Waals surface area contributed by atoms with E-state index in [0.29, 0.717) is 18.0 Å². The van der Waals surface area contributed by atoms with Crippen molar-refractivity contribution in [1.82, 2.24) is 5.32 Å². The number of carbonyl (C=O) groups is 1. The van der Waals surface area contributed by atoms with Gasteiger partial charge in [-0.25, -0.2) is 0 Å². The molecular weight excluding hydrogens is 284 g/mol. The molecule has 0 saturated heterocycles. The summed E-state index contributed by atoms with van der Waals surface area (Å²) in [6.45, 7) is 0.557. The predicted molar refractivity (Wildman–Crippen MR) is 86.3 cm³/mol. The fraction of sp³-hybridized carbons (Fsp3) is 0.235. The second-order valence-corrected chi connectivity index (χ2v) is 5.40. The number of rotatable bonds is 6. The van der Waals surface area contributed by atoms with Crippen molar-refractivity contribution in [1.29, 1.82) is 0 Å². The highest BCUT2D eigenvalue weighted by atomic mass is 35.5. The van der Waals surface area contributed by atoms with Gasteiger partial charge in [0.1, 0.15) is 0 Å². The molecule has 0 bridgehead atoms. The Balaban J connectivity index is 1.76. The fourth-order valence-electron chi connectivity index (χ4n) is 2.11. The molecule has 2 aromatic carbocycles. The Morgan fingerprint density at radius 1 is 1.10 bits per heavy atom. The fourth-order valence-corrected chi connectivity index (χ4v) is 2.33. The lowest BCUT2D eigenvalue weighted by Gasteiger charge is -2.12. The van der Waals surface area contributed by atoms with Gasteiger partial charge in [0, 0.05) is 11.6 Å². The van der Waals surface area contributed by atoms with Crippen molar-refractivity contribution in [3.63, 3.8) is 0 Å². The second-order valence-electron chi connectivity index (χ2n) is 4.97. The zero-order valence-corrected chi connectivity index (χ0v) is 12.5. The first-order chi connectivity index (χ1) is 10.1. The Morgan fingerprint density at radius 3 is 2.52 bits per heavy atom. The van der Waals surface area contributed by atoms with E-state index in [1.54, 1.807) is 0 Å². The minimum atomic E-state index is -0.522. The monoisotopic (exact) mass is 302 g/mol. The van der Waals surface area contributed by atoms with Crippen LogP contribution < -0.4 is 11.1 Å². The lowest BCUT2D eigenvalue weighted by molar-refractivity contribution is -0.122. The number of hydrogen-bond donors (Lipinski definition) is 2. The summed E-state index contributed by atoms with van der Waals surface area (Å²) >= 11 is 5.92. The van der Waals surface area contributed by atoms with Gasteiger partial charge in [0.05, 0.1) is 6.04 Å². The van der Waals surface area contributed by atoms with Gasteiger partial charge in [-0.05, 0) is 36.1 Å². The molecule has 0 aliphatic carbocycles. The van der Waals surface area contributed by atoms with Gasteiger partial charge in [-0.1, -0.05) is 54.1 Å². The quantitative estimate of drug-likeness (QED) is 0.861. The van der Waals surface area contributed by atoms with E-state index < -0.39 is 6.04 Å². The molecule has 1 atom stereocenters. The number of amides is 1. The van der Waals surface area contributed by atoms with Crippen molar-refractivity contribution in [2.24, 2.45) is 5.73 Å². The molecule has 0 saturated carbocycles. The summed E-state index contributed by atoms with van der Waals surface area (Å²) in [6, 6.07) is 16.9. The van der Waals surface area contributed by atoms with Gasteiger partial charge in [-0.2, -0.15) is 0 Å². The van der Waals surface area contributed by atoms with Crippen molar-refractivity contribution < 1.29 is 4.79 Å². The maximum absolute atomic E-state index is 11.9. The molecule has 3 N–H and O–H groups in total. The summed E-state index contributed by atoms with van der Waals surface area (Å²) in [5, 5.41) is 3.57. The van der Waals surface area contributed by atoms with Crippen molar-refractivity contribution in [2.75, 3.05) is 6.54 Å². The third kappa shape index (κ3) is 5.21. The van der Waals surface area contributed by atoms with Crippen LogP contribution in [0.1, 0.15) is 11.1 Å². The van der Waals surface area contributed by atoms with Crippen LogP contribution in [0, 0.1) is 0 Å². The molecule has 0 unspecified atom stereocenters. The van der Waals surface area contributed by atoms with Crippen LogP contribution in [0.5, 0.6) is 0 Å². The van der Waals surface area contributed by atoms with Crippen LogP contribution in [0.2, 0.25) is 5.02 Å². The van der Waals surface area contributed by atoms with Crippen molar-refractivity contribution in [3.8, 4) is 0 Å². The summed E-state index contributed by atoms with van der Waals surface area (Å²) in [5.41, 5.74) is 8.08. The van der Waals surface area contributed by atoms with E-state index in [4.69, 9.17) is 17.3 Å². The Kier molecular flexibility index (Phi) is 5.78. The number of benzene rings is 2. The average molecular weight is 303 g/mol. The second kappa shape index (κ2) is 7.81. The topological polar surface area (TPSA) is 55.1 Å². The standard InChI is InChI=1S/C17H19ClN2O/c18-15-8-4-7-14(11-15)9-10-20-17(21)16(19)12-13-5-2-1-3-6-13/h1-8,11,16H,9-10,12,19H2,(H,20,21)/t16-/m1/s1. The van der Waals surface area contributed by atoms with Gasteiger partial charge in [-0.3, -0.25) is 4.79 Å². The maximum atomic E-state index is 11.9. The number of nitrogens with two attached hydrogens (primary N) is 1. The minimum Gasteiger partial charge on any atom is -0.354 e. The first-order valence-corrected chi connectivity index (χ1v) is 7.34. The third-order valence-corrected chi connectivity index (χ3v) is 3.47. The van der Waals surface area contributed by atoms with Crippen LogP contribution in [0.4, 0.5) is 0 Å². The van der Waals surface area contributed by atoms with Crippen molar-refractivity contribution >= 4 is 17.5 Å². The molecule has 4 heteroatoms. The number of nitrogens with one attached hydrogen (secondary N) is 1. The number of carbonyl (C=O) groups excluding carboxylic acids is 1. The van der Waals surface area contributed by atoms with Crippen molar-refractivity contribution in [3.05, 3.63) is 70.7 Å². The van der Waals surface area contributed by atoms with Gasteiger partial charge in [-0.15, -0.1) is 0 Å². The van der Waals surface area contributed by atoms with E-state index >= 15 is 0 Å². The van der Waals surface area contributed by atoms with Crippen LogP contribution in [-0.2, 0) is 17.6 Å². The molecule has 2 rings (SSSR count). The van der Waals surface area contributed by atoms with Crippen LogP contribution in [0.3, 0.4) is 0 Å². The average Bonchev–Trinajstić information content (AvgIpc) is 2.48. The van der Waals surface area contributed by atoms with Gasteiger partial charge in [0.2, 0.25) is 5.91 Å². The normalized spacial score (nSPS) is 11.9. The molecular formula is C17H19ClN2O. The maximum Gasteiger partial charge on any atom is 0.237 e. The molecule has 0 heterocycles. The SMILES string of the molecule is N[C@H](Cc1ccccc1)C(=O)NCCc1cccc(Cl)c1. The zero-order valence-electron chi connectivity index (χ0n) is 11.8. The Morgan fingerprint density at radius 2 is 1.81 bits per heavy atom. The molecule has 0 radical (unpaired) electrons. The first-order valence-electron chi connectivity index (χ1n) is 6.97. The Labute approximate surface area is 130 Å². The smallest absolute Gasteiger partial charge is 0.237 e. The van der Waals surface area contributed by atoms with Crippen molar-refractivity contribution in [2.45, 2.75) is 18.9 Å². The summed E-state index contributed by atoms with van der Waals surface area (Å²) in [5.74, 6) is -0.124. The highest BCUT2D eigenvalue weighted by molar-refractivity contribution is 6.30. The first kappa shape index (κ1) is 15.5. The molecule has 110 valence electrons. The molecule has 3 nitrogen and oxygen atoms in total. The summed E-state index contributed by atoms with van der Waals surface area (Å²) in [7, 11) is 0. The van der Waals surface area contributed by atoms with Crippen LogP contribution in [-0.4, -0.2) is 18.5 Å². The van der Waals surface area contributed by atoms with E-state index in [-0.39, 0.29) is 5.91 Å². The lowest BCUT2D eigenvalue weighted by Crippen LogP contribution is -2.42. The van der Waals surface area contributed by atoms with Gasteiger partial charge >= 0.3 is 0 Å². The Hall–Kier alpha value is -1.84. The largest absolute Gasteiger partial charge is 0.354 e. The summed E-state index contributed by atoms with van der Waals surface area (Å²) < 4.78 is 0. The van der Waals surface area contributed by atoms with Crippen LogP contribution >= 0.6 is 11.6 Å². The van der Waals surface area contributed by atoms with Gasteiger partial charge in [0.25, 0.3) is 0 Å². The number of hydrogen-bond acceptors (Lipinski definition) is 2. The van der Waals surface area contributed by atoms with Crippen LogP contribution in [0.15, 0.2) is 54.6 Å². The van der Waals surface area contributed by atoms with E-state index in [9.17, 15) is 4.79 Å². The van der Waals surface area contributed by atoms with E-state index in [1.807, 2.05) is 54.6 Å². The highest BCUT2D eigenvalue weighted by Crippen LogP contribution is 2.10. The highest BCUT2D eigenvalue weighted by Gasteiger charge is 2.13. The molecule has 0 fully saturated rings. The van der Waals surface area contributed by atoms with E-state index in [0.717, 1.165) is 17.5 Å². The van der Waals surface area contributed by atoms with Gasteiger partial charge < -0.3 is 11.1 Å². The predicted octanol–water partition coefficient (Wildman–Crippen LogP) is 2.57. The molecule has 2 aromatic rings. The molecule has 0 aromatic heterocycles. The molecule has 0 spiro atoms. The molecule has 1 amide bonds. The van der Waals surface area contributed by atoms with Gasteiger partial charge in [0.15, 0.2) is 0 Å². The number of halogens is 1. The molecule has 21 heavy (non-hydrogen) atoms. The molecule has 0 aliphatic rings. The summed E-state index contributed by atoms with van der Waals surface area (Å²) in [6.07, 6.45) is 1.29. The van der Waals surface area contributed by atoms with E-state index in [2.05, 4.69) is 5.32 Å². The van der Waals surface area contributed by atoms with E-state index in [1.165, 1.54) is 0 Å². The Bertz CT molecular complexity index is 586. The third-order valence-electron chi connectivity index (χ3n) is 3.24. The summed E-state index contributed by atoms with van der Waals surface area (Å²) in [4.78, 5) is 11.9. The molecule has 0 aliphatic heterocycles.